The second-order valence-electron chi connectivity index (χ2n) is 15.2. The summed E-state index contributed by atoms with van der Waals surface area (Å²) in [7, 11) is 0. The maximum absolute atomic E-state index is 14.0. The summed E-state index contributed by atoms with van der Waals surface area (Å²) in [4.78, 5) is 0.390. The summed E-state index contributed by atoms with van der Waals surface area (Å²) in [6, 6.07) is 21.2. The van der Waals surface area contributed by atoms with Crippen LogP contribution in [-0.4, -0.2) is 91.9 Å². The lowest BCUT2D eigenvalue weighted by atomic mass is 9.93. The van der Waals surface area contributed by atoms with Gasteiger partial charge in [-0.1, -0.05) is 36.4 Å². The Morgan fingerprint density at radius 3 is 0.681 bits per heavy atom. The minimum absolute atomic E-state index is 0.353. The van der Waals surface area contributed by atoms with E-state index in [1.165, 1.54) is 60.7 Å². The molecule has 0 aliphatic heterocycles. The van der Waals surface area contributed by atoms with E-state index in [2.05, 4.69) is 0 Å². The Labute approximate surface area is 383 Å². The fourth-order valence-electron chi connectivity index (χ4n) is 7.70. The van der Waals surface area contributed by atoms with E-state index in [1.807, 2.05) is 0 Å². The van der Waals surface area contributed by atoms with E-state index in [4.69, 9.17) is 0 Å². The van der Waals surface area contributed by atoms with Gasteiger partial charge >= 0.3 is 0 Å². The summed E-state index contributed by atoms with van der Waals surface area (Å²) in [5.41, 5.74) is -5.17. The van der Waals surface area contributed by atoms with Crippen molar-refractivity contribution < 1.29 is 101 Å². The Morgan fingerprint density at radius 1 is 0.232 bits per heavy atom. The van der Waals surface area contributed by atoms with Crippen molar-refractivity contribution in [3.05, 3.63) is 103 Å². The number of aromatic hydroxyl groups is 18. The van der Waals surface area contributed by atoms with Gasteiger partial charge in [-0.25, -0.2) is 8.78 Å². The van der Waals surface area contributed by atoms with Crippen LogP contribution in [0.1, 0.15) is 0 Å². The van der Waals surface area contributed by atoms with Crippen molar-refractivity contribution >= 4 is 17.1 Å². The molecule has 0 fully saturated rings. The van der Waals surface area contributed by atoms with Crippen LogP contribution in [-0.2, 0) is 0 Å². The highest BCUT2D eigenvalue weighted by atomic mass is 19.1. The number of phenols is 18. The van der Waals surface area contributed by atoms with Gasteiger partial charge in [0.1, 0.15) is 23.0 Å². The first-order valence-corrected chi connectivity index (χ1v) is 19.5. The summed E-state index contributed by atoms with van der Waals surface area (Å²) in [5.74, 6) is -29.1. The number of hydrogen-bond donors (Lipinski definition) is 18. The molecule has 0 aliphatic rings. The largest absolute Gasteiger partial charge is 0.504 e. The van der Waals surface area contributed by atoms with Crippen molar-refractivity contribution in [2.24, 2.45) is 0 Å². The molecule has 19 nitrogen and oxygen atoms in total. The molecule has 0 amide bonds. The van der Waals surface area contributed by atoms with Gasteiger partial charge < -0.3 is 91.9 Å². The van der Waals surface area contributed by atoms with E-state index in [9.17, 15) is 101 Å². The number of phenolic OH excluding ortho intramolecular Hbond substituents is 18. The second kappa shape index (κ2) is 16.4. The molecule has 0 aromatic heterocycles. The van der Waals surface area contributed by atoms with E-state index in [-0.39, 0.29) is 0 Å². The molecule has 0 aliphatic carbocycles. The fraction of sp³-hybridized carbons (Fsp3) is 0. The molecular formula is C48H33F2NO18. The Kier molecular flexibility index (Phi) is 10.8. The molecule has 0 unspecified atom stereocenters. The molecule has 21 heteroatoms. The molecule has 0 heterocycles. The SMILES string of the molecule is Oc1c(O)c(O)c(-c2c(O)c(O)c(N(c3ccc(-c4cc(-c5ccc(F)cc5)cc(-c5ccc(F)cc5)c4)cc3)c3c(O)c(O)c(-c4c(O)c(O)c(O)c(O)c4O)c(O)c3O)c(O)c2O)c(O)c1O. The van der Waals surface area contributed by atoms with Crippen LogP contribution in [0.4, 0.5) is 25.8 Å². The van der Waals surface area contributed by atoms with Crippen LogP contribution in [0.15, 0.2) is 91.0 Å². The molecule has 0 radical (unpaired) electrons. The van der Waals surface area contributed by atoms with Crippen molar-refractivity contribution in [1.82, 2.24) is 0 Å². The maximum atomic E-state index is 14.0. The molecule has 69 heavy (non-hydrogen) atoms. The Bertz CT molecular complexity index is 3120. The van der Waals surface area contributed by atoms with Gasteiger partial charge in [-0.05, 0) is 88.0 Å². The van der Waals surface area contributed by atoms with Gasteiger partial charge in [0.25, 0.3) is 0 Å². The van der Waals surface area contributed by atoms with Crippen LogP contribution in [0, 0.1) is 11.6 Å². The molecule has 8 rings (SSSR count). The van der Waals surface area contributed by atoms with Gasteiger partial charge in [0.15, 0.2) is 69.0 Å². The van der Waals surface area contributed by atoms with Crippen molar-refractivity contribution in [2.45, 2.75) is 0 Å². The van der Waals surface area contributed by atoms with E-state index < -0.39 is 154 Å². The summed E-state index contributed by atoms with van der Waals surface area (Å²) in [6.45, 7) is 0. The van der Waals surface area contributed by atoms with Crippen molar-refractivity contribution in [2.75, 3.05) is 4.90 Å². The maximum Gasteiger partial charge on any atom is 0.208 e. The zero-order valence-corrected chi connectivity index (χ0v) is 34.4. The molecular weight excluding hydrogens is 917 g/mol. The molecule has 352 valence electrons. The quantitative estimate of drug-likeness (QED) is 0.0501. The standard InChI is InChI=1S/C48H33F2NO18/c49-22-7-1-16(2-8-22)19-13-20(17-3-9-23(50)10-4-17)15-21(14-19)18-5-11-24(12-6-18)51(29-39(60)31(52)25(32(53)40(29)61)27-35(56)43(64)47(68)44(65)36(27)57)30-41(62)33(54)26(34(55)42(30)63)28-37(58)45(66)48(69)46(67)38(28)59/h1-15,52-69H. The Balaban J connectivity index is 1.40. The van der Waals surface area contributed by atoms with Gasteiger partial charge in [0.2, 0.25) is 34.5 Å². The third-order valence-corrected chi connectivity index (χ3v) is 11.2. The lowest BCUT2D eigenvalue weighted by Crippen LogP contribution is -2.12. The molecule has 0 atom stereocenters. The predicted octanol–water partition coefficient (Wildman–Crippen LogP) is 8.47. The molecule has 8 aromatic rings. The van der Waals surface area contributed by atoms with E-state index in [0.29, 0.717) is 38.3 Å². The summed E-state index contributed by atoms with van der Waals surface area (Å²) >= 11 is 0. The smallest absolute Gasteiger partial charge is 0.208 e. The van der Waals surface area contributed by atoms with Gasteiger partial charge in [-0.2, -0.15) is 0 Å². The summed E-state index contributed by atoms with van der Waals surface area (Å²) in [5, 5.41) is 196. The zero-order chi connectivity index (χ0) is 50.2. The predicted molar refractivity (Wildman–Crippen MR) is 238 cm³/mol. The number of benzene rings is 8. The summed E-state index contributed by atoms with van der Waals surface area (Å²) < 4.78 is 27.9. The van der Waals surface area contributed by atoms with E-state index in [0.717, 1.165) is 12.1 Å². The third kappa shape index (κ3) is 7.05. The molecule has 0 spiro atoms. The van der Waals surface area contributed by atoms with Gasteiger partial charge in [-0.3, -0.25) is 4.90 Å². The highest BCUT2D eigenvalue weighted by Gasteiger charge is 2.39. The van der Waals surface area contributed by atoms with Crippen molar-refractivity contribution in [3.8, 4) is 159 Å². The number of hydrogen-bond acceptors (Lipinski definition) is 19. The topological polar surface area (TPSA) is 367 Å². The first-order chi connectivity index (χ1) is 32.6. The zero-order valence-electron chi connectivity index (χ0n) is 34.4. The normalized spacial score (nSPS) is 11.2. The van der Waals surface area contributed by atoms with Crippen molar-refractivity contribution in [3.63, 3.8) is 0 Å². The lowest BCUT2D eigenvalue weighted by Gasteiger charge is -2.30. The minimum Gasteiger partial charge on any atom is -0.504 e. The average Bonchev–Trinajstić information content (AvgIpc) is 3.34. The van der Waals surface area contributed by atoms with Crippen LogP contribution in [0.3, 0.4) is 0 Å². The summed E-state index contributed by atoms with van der Waals surface area (Å²) in [6.07, 6.45) is 0. The number of halogens is 2. The molecule has 0 saturated carbocycles. The van der Waals surface area contributed by atoms with Crippen molar-refractivity contribution in [1.29, 1.82) is 0 Å². The lowest BCUT2D eigenvalue weighted by molar-refractivity contribution is 0.329. The van der Waals surface area contributed by atoms with E-state index in [1.54, 1.807) is 18.2 Å². The number of rotatable bonds is 8. The van der Waals surface area contributed by atoms with E-state index >= 15 is 0 Å². The van der Waals surface area contributed by atoms with Crippen LogP contribution in [0.2, 0.25) is 0 Å². The fourth-order valence-corrected chi connectivity index (χ4v) is 7.70. The van der Waals surface area contributed by atoms with Crippen LogP contribution in [0.5, 0.6) is 103 Å². The molecule has 8 aromatic carbocycles. The number of nitrogens with zero attached hydrogens (tertiary/aromatic N) is 1. The third-order valence-electron chi connectivity index (χ3n) is 11.2. The van der Waals surface area contributed by atoms with Gasteiger partial charge in [0, 0.05) is 5.69 Å². The molecule has 0 bridgehead atoms. The highest BCUT2D eigenvalue weighted by molar-refractivity contribution is 6.03. The number of anilines is 3. The first-order valence-electron chi connectivity index (χ1n) is 19.5. The monoisotopic (exact) mass is 949 g/mol. The second-order valence-corrected chi connectivity index (χ2v) is 15.2. The minimum atomic E-state index is -1.61. The highest BCUT2D eigenvalue weighted by Crippen LogP contribution is 2.68. The molecule has 0 saturated heterocycles. The van der Waals surface area contributed by atoms with Crippen LogP contribution in [0.25, 0.3) is 55.6 Å². The van der Waals surface area contributed by atoms with Gasteiger partial charge in [0.05, 0.1) is 22.3 Å². The first kappa shape index (κ1) is 45.4. The Morgan fingerprint density at radius 2 is 0.435 bits per heavy atom. The van der Waals surface area contributed by atoms with Gasteiger partial charge in [-0.15, -0.1) is 0 Å². The van der Waals surface area contributed by atoms with Crippen LogP contribution >= 0.6 is 0 Å². The van der Waals surface area contributed by atoms with Crippen LogP contribution < -0.4 is 4.90 Å². The molecule has 18 N–H and O–H groups in total. The Hall–Kier alpha value is -10.2. The average molecular weight is 950 g/mol.